The highest BCUT2D eigenvalue weighted by Crippen LogP contribution is 2.24. The summed E-state index contributed by atoms with van der Waals surface area (Å²) in [6.45, 7) is 1.91. The summed E-state index contributed by atoms with van der Waals surface area (Å²) in [5.41, 5.74) is 0.411. The van der Waals surface area contributed by atoms with Gasteiger partial charge in [-0.3, -0.25) is 9.59 Å². The topological polar surface area (TPSA) is 66.8 Å². The van der Waals surface area contributed by atoms with Crippen molar-refractivity contribution < 1.29 is 28.2 Å². The van der Waals surface area contributed by atoms with Crippen molar-refractivity contribution in [3.8, 4) is 0 Å². The minimum atomic E-state index is -1.20. The van der Waals surface area contributed by atoms with E-state index in [-0.39, 0.29) is 19.7 Å². The zero-order valence-electron chi connectivity index (χ0n) is 11.4. The molecule has 0 radical (unpaired) electrons. The largest absolute Gasteiger partial charge is 0.481 e. The number of ether oxygens (including phenoxy) is 1. The van der Waals surface area contributed by atoms with Crippen LogP contribution in [-0.4, -0.2) is 41.6 Å². The van der Waals surface area contributed by atoms with Gasteiger partial charge >= 0.3 is 5.97 Å². The molecule has 1 aliphatic heterocycles. The zero-order chi connectivity index (χ0) is 15.6. The van der Waals surface area contributed by atoms with Crippen LogP contribution in [0.1, 0.15) is 18.6 Å². The highest BCUT2D eigenvalue weighted by Gasteiger charge is 2.31. The van der Waals surface area contributed by atoms with E-state index in [2.05, 4.69) is 0 Å². The van der Waals surface area contributed by atoms with Crippen molar-refractivity contribution in [2.45, 2.75) is 13.0 Å². The summed E-state index contributed by atoms with van der Waals surface area (Å²) in [5, 5.41) is 8.86. The van der Waals surface area contributed by atoms with Crippen molar-refractivity contribution in [2.75, 3.05) is 19.7 Å². The van der Waals surface area contributed by atoms with Crippen molar-refractivity contribution in [2.24, 2.45) is 5.92 Å². The first-order valence-corrected chi connectivity index (χ1v) is 6.48. The number of amides is 1. The molecule has 0 aromatic heterocycles. The molecule has 2 atom stereocenters. The van der Waals surface area contributed by atoms with Gasteiger partial charge in [0.1, 0.15) is 12.0 Å². The molecule has 114 valence electrons. The number of benzene rings is 1. The highest BCUT2D eigenvalue weighted by atomic mass is 19.2. The molecule has 0 spiro atoms. The van der Waals surface area contributed by atoms with E-state index in [0.29, 0.717) is 5.56 Å². The Morgan fingerprint density at radius 3 is 2.71 bits per heavy atom. The van der Waals surface area contributed by atoms with E-state index in [1.165, 1.54) is 17.9 Å². The van der Waals surface area contributed by atoms with Gasteiger partial charge in [0.15, 0.2) is 11.6 Å². The molecule has 7 heteroatoms. The van der Waals surface area contributed by atoms with Gasteiger partial charge in [-0.15, -0.1) is 0 Å². The summed E-state index contributed by atoms with van der Waals surface area (Å²) >= 11 is 0. The summed E-state index contributed by atoms with van der Waals surface area (Å²) in [7, 11) is 0. The highest BCUT2D eigenvalue weighted by molar-refractivity contribution is 5.96. The smallest absolute Gasteiger partial charge is 0.315 e. The average Bonchev–Trinajstić information content (AvgIpc) is 2.48. The average molecular weight is 299 g/mol. The third-order valence-corrected chi connectivity index (χ3v) is 3.43. The third kappa shape index (κ3) is 3.36. The van der Waals surface area contributed by atoms with E-state index in [1.807, 2.05) is 0 Å². The monoisotopic (exact) mass is 299 g/mol. The van der Waals surface area contributed by atoms with Gasteiger partial charge in [-0.25, -0.2) is 8.78 Å². The van der Waals surface area contributed by atoms with Crippen LogP contribution in [0.5, 0.6) is 0 Å². The fourth-order valence-electron chi connectivity index (χ4n) is 2.14. The number of hydrogen-bond acceptors (Lipinski definition) is 3. The molecule has 2 rings (SSSR count). The summed E-state index contributed by atoms with van der Waals surface area (Å²) in [5.74, 6) is -4.80. The van der Waals surface area contributed by atoms with Gasteiger partial charge < -0.3 is 14.7 Å². The number of carboxylic acid groups (broad SMARTS) is 1. The molecule has 1 aromatic carbocycles. The second kappa shape index (κ2) is 6.17. The number of aliphatic carboxylic acids is 1. The molecule has 21 heavy (non-hydrogen) atoms. The van der Waals surface area contributed by atoms with Crippen LogP contribution in [-0.2, 0) is 14.3 Å². The maximum Gasteiger partial charge on any atom is 0.315 e. The Labute approximate surface area is 120 Å². The number of hydrogen-bond donors (Lipinski definition) is 1. The Balaban J connectivity index is 2.11. The van der Waals surface area contributed by atoms with Crippen LogP contribution in [0.15, 0.2) is 18.2 Å². The first kappa shape index (κ1) is 15.4. The van der Waals surface area contributed by atoms with Crippen LogP contribution in [0.4, 0.5) is 8.78 Å². The fourth-order valence-corrected chi connectivity index (χ4v) is 2.14. The lowest BCUT2D eigenvalue weighted by Crippen LogP contribution is -2.45. The summed E-state index contributed by atoms with van der Waals surface area (Å²) in [6.07, 6.45) is -0.598. The summed E-state index contributed by atoms with van der Waals surface area (Å²) in [6, 6.07) is 3.40. The second-order valence-electron chi connectivity index (χ2n) is 4.88. The van der Waals surface area contributed by atoms with Crippen LogP contribution in [0.3, 0.4) is 0 Å². The van der Waals surface area contributed by atoms with Gasteiger partial charge in [0.25, 0.3) is 0 Å². The second-order valence-corrected chi connectivity index (χ2v) is 4.88. The Morgan fingerprint density at radius 2 is 2.10 bits per heavy atom. The van der Waals surface area contributed by atoms with Crippen LogP contribution in [0.25, 0.3) is 0 Å². The predicted octanol–water partition coefficient (Wildman–Crippen LogP) is 1.59. The number of halogens is 2. The maximum absolute atomic E-state index is 13.2. The predicted molar refractivity (Wildman–Crippen MR) is 68.4 cm³/mol. The van der Waals surface area contributed by atoms with Gasteiger partial charge in [0.2, 0.25) is 5.91 Å². The zero-order valence-corrected chi connectivity index (χ0v) is 11.4. The van der Waals surface area contributed by atoms with Gasteiger partial charge in [-0.1, -0.05) is 6.07 Å². The molecule has 1 fully saturated rings. The van der Waals surface area contributed by atoms with Crippen molar-refractivity contribution in [3.05, 3.63) is 35.4 Å². The summed E-state index contributed by atoms with van der Waals surface area (Å²) in [4.78, 5) is 24.2. The molecular weight excluding hydrogens is 284 g/mol. The van der Waals surface area contributed by atoms with Crippen molar-refractivity contribution in [1.29, 1.82) is 0 Å². The van der Waals surface area contributed by atoms with Crippen LogP contribution in [0.2, 0.25) is 0 Å². The molecule has 1 aliphatic rings. The molecule has 1 amide bonds. The lowest BCUT2D eigenvalue weighted by atomic mass is 10.1. The molecule has 0 aliphatic carbocycles. The molecule has 5 nitrogen and oxygen atoms in total. The minimum absolute atomic E-state index is 0.113. The van der Waals surface area contributed by atoms with Gasteiger partial charge in [0, 0.05) is 6.54 Å². The molecule has 1 heterocycles. The Kier molecular flexibility index (Phi) is 4.52. The number of carbonyl (C=O) groups is 2. The quantitative estimate of drug-likeness (QED) is 0.861. The lowest BCUT2D eigenvalue weighted by Gasteiger charge is -2.34. The normalized spacial score (nSPS) is 20.1. The van der Waals surface area contributed by atoms with E-state index < -0.39 is 35.5 Å². The minimum Gasteiger partial charge on any atom is -0.481 e. The Morgan fingerprint density at radius 1 is 1.38 bits per heavy atom. The molecule has 1 N–H and O–H groups in total. The van der Waals surface area contributed by atoms with Crippen LogP contribution >= 0.6 is 0 Å². The van der Waals surface area contributed by atoms with Gasteiger partial charge in [-0.05, 0) is 24.6 Å². The molecule has 1 saturated heterocycles. The first-order valence-electron chi connectivity index (χ1n) is 6.48. The summed E-state index contributed by atoms with van der Waals surface area (Å²) < 4.78 is 31.6. The Bertz CT molecular complexity index is 564. The number of carboxylic acids is 1. The van der Waals surface area contributed by atoms with E-state index in [0.717, 1.165) is 12.1 Å². The number of nitrogens with zero attached hydrogens (tertiary/aromatic N) is 1. The number of carbonyl (C=O) groups excluding carboxylic acids is 1. The number of rotatable bonds is 3. The first-order chi connectivity index (χ1) is 9.90. The third-order valence-electron chi connectivity index (χ3n) is 3.43. The van der Waals surface area contributed by atoms with E-state index in [4.69, 9.17) is 9.84 Å². The van der Waals surface area contributed by atoms with Gasteiger partial charge in [0.05, 0.1) is 13.2 Å². The van der Waals surface area contributed by atoms with E-state index >= 15 is 0 Å². The fraction of sp³-hybridized carbons (Fsp3) is 0.429. The van der Waals surface area contributed by atoms with Crippen LogP contribution < -0.4 is 0 Å². The molecular formula is C14H15F2NO4. The van der Waals surface area contributed by atoms with Crippen LogP contribution in [0, 0.1) is 17.6 Å². The SMILES string of the molecule is CC(C(=O)O)C(=O)N1CCOC(c2ccc(F)c(F)c2)C1. The number of morpholine rings is 1. The lowest BCUT2D eigenvalue weighted by molar-refractivity contribution is -0.154. The van der Waals surface area contributed by atoms with Crippen molar-refractivity contribution in [3.63, 3.8) is 0 Å². The Hall–Kier alpha value is -2.02. The van der Waals surface area contributed by atoms with Crippen molar-refractivity contribution >= 4 is 11.9 Å². The maximum atomic E-state index is 13.2. The molecule has 0 saturated carbocycles. The van der Waals surface area contributed by atoms with Crippen molar-refractivity contribution in [1.82, 2.24) is 4.90 Å². The van der Waals surface area contributed by atoms with E-state index in [1.54, 1.807) is 0 Å². The van der Waals surface area contributed by atoms with E-state index in [9.17, 15) is 18.4 Å². The van der Waals surface area contributed by atoms with Gasteiger partial charge in [-0.2, -0.15) is 0 Å². The molecule has 1 aromatic rings. The standard InChI is InChI=1S/C14H15F2NO4/c1-8(14(19)20)13(18)17-4-5-21-12(7-17)9-2-3-10(15)11(16)6-9/h2-3,6,8,12H,4-5,7H2,1H3,(H,19,20). The molecule has 2 unspecified atom stereocenters. The molecule has 0 bridgehead atoms.